The highest BCUT2D eigenvalue weighted by atomic mass is 16.5. The van der Waals surface area contributed by atoms with Crippen molar-refractivity contribution in [3.05, 3.63) is 0 Å². The van der Waals surface area contributed by atoms with Gasteiger partial charge in [0.2, 0.25) is 5.91 Å². The summed E-state index contributed by atoms with van der Waals surface area (Å²) in [7, 11) is -1.15. The number of amides is 1. The lowest BCUT2D eigenvalue weighted by Gasteiger charge is -2.30. The van der Waals surface area contributed by atoms with Crippen LogP contribution >= 0.6 is 0 Å². The molecule has 8 heteroatoms. The summed E-state index contributed by atoms with van der Waals surface area (Å²) in [6.07, 6.45) is 1.30. The molecule has 0 radical (unpaired) electrons. The van der Waals surface area contributed by atoms with Crippen LogP contribution in [-0.4, -0.2) is 47.7 Å². The van der Waals surface area contributed by atoms with Crippen LogP contribution in [0.15, 0.2) is 0 Å². The van der Waals surface area contributed by atoms with Gasteiger partial charge in [0.05, 0.1) is 18.5 Å². The minimum atomic E-state index is -1.15. The van der Waals surface area contributed by atoms with Crippen LogP contribution < -0.4 is 11.1 Å². The summed E-state index contributed by atoms with van der Waals surface area (Å²) in [4.78, 5) is 22.0. The summed E-state index contributed by atoms with van der Waals surface area (Å²) in [5, 5.41) is 20.9. The molecule has 0 spiro atoms. The van der Waals surface area contributed by atoms with Gasteiger partial charge in [0, 0.05) is 6.42 Å². The summed E-state index contributed by atoms with van der Waals surface area (Å²) < 4.78 is 5.15. The van der Waals surface area contributed by atoms with Crippen molar-refractivity contribution in [1.29, 1.82) is 0 Å². The van der Waals surface area contributed by atoms with Gasteiger partial charge in [-0.1, -0.05) is 0 Å². The van der Waals surface area contributed by atoms with E-state index in [1.165, 1.54) is 0 Å². The zero-order chi connectivity index (χ0) is 13.5. The van der Waals surface area contributed by atoms with E-state index in [4.69, 9.17) is 15.5 Å². The van der Waals surface area contributed by atoms with Crippen LogP contribution in [0.1, 0.15) is 32.1 Å². The molecule has 2 atom stereocenters. The normalized spacial score (nSPS) is 23.8. The van der Waals surface area contributed by atoms with Gasteiger partial charge in [0.15, 0.2) is 0 Å². The number of carboxylic acids is 1. The third-order valence-corrected chi connectivity index (χ3v) is 2.83. The molecule has 7 nitrogen and oxygen atoms in total. The van der Waals surface area contributed by atoms with Crippen LogP contribution in [0.25, 0.3) is 0 Å². The molecule has 1 saturated heterocycles. The Balaban J connectivity index is 2.33. The van der Waals surface area contributed by atoms with Gasteiger partial charge < -0.3 is 25.8 Å². The van der Waals surface area contributed by atoms with E-state index >= 15 is 0 Å². The molecule has 0 bridgehead atoms. The Morgan fingerprint density at radius 2 is 2.17 bits per heavy atom. The Labute approximate surface area is 106 Å². The molecule has 0 saturated carbocycles. The van der Waals surface area contributed by atoms with Gasteiger partial charge in [-0.25, -0.2) is 0 Å². The molecule has 1 aliphatic heterocycles. The number of aliphatic carboxylic acids is 1. The average Bonchev–Trinajstić information content (AvgIpc) is 2.29. The monoisotopic (exact) mass is 258 g/mol. The highest BCUT2D eigenvalue weighted by molar-refractivity contribution is 6.45. The Hall–Kier alpha value is -1.12. The molecule has 102 valence electrons. The number of nitrogens with two attached hydrogens (primary N) is 1. The maximum atomic E-state index is 11.4. The lowest BCUT2D eigenvalue weighted by Crippen LogP contribution is -2.52. The maximum absolute atomic E-state index is 11.4. The van der Waals surface area contributed by atoms with Gasteiger partial charge in [-0.2, -0.15) is 0 Å². The summed E-state index contributed by atoms with van der Waals surface area (Å²) >= 11 is 0. The van der Waals surface area contributed by atoms with Gasteiger partial charge >= 0.3 is 13.1 Å². The molecule has 5 N–H and O–H groups in total. The zero-order valence-electron chi connectivity index (χ0n) is 10.2. The van der Waals surface area contributed by atoms with Crippen LogP contribution in [0.5, 0.6) is 0 Å². The van der Waals surface area contributed by atoms with E-state index in [9.17, 15) is 14.6 Å². The molecule has 18 heavy (non-hydrogen) atoms. The van der Waals surface area contributed by atoms with Gasteiger partial charge in [-0.15, -0.1) is 0 Å². The number of rotatable bonds is 6. The van der Waals surface area contributed by atoms with Crippen LogP contribution in [0.2, 0.25) is 0 Å². The number of nitrogens with one attached hydrogen (secondary N) is 1. The molecule has 1 amide bonds. The fourth-order valence-corrected chi connectivity index (χ4v) is 1.90. The van der Waals surface area contributed by atoms with Crippen molar-refractivity contribution in [2.75, 3.05) is 6.54 Å². The van der Waals surface area contributed by atoms with Crippen molar-refractivity contribution in [3.8, 4) is 0 Å². The highest BCUT2D eigenvalue weighted by Gasteiger charge is 2.36. The van der Waals surface area contributed by atoms with E-state index in [0.717, 1.165) is 0 Å². The van der Waals surface area contributed by atoms with Gasteiger partial charge in [0.25, 0.3) is 0 Å². The van der Waals surface area contributed by atoms with Crippen molar-refractivity contribution < 1.29 is 24.4 Å². The van der Waals surface area contributed by atoms with Gasteiger partial charge in [-0.05, 0) is 25.8 Å². The van der Waals surface area contributed by atoms with Crippen molar-refractivity contribution >= 4 is 19.0 Å². The van der Waals surface area contributed by atoms with E-state index < -0.39 is 25.1 Å². The summed E-state index contributed by atoms with van der Waals surface area (Å²) in [6, 6.07) is 0. The topological polar surface area (TPSA) is 122 Å². The fraction of sp³-hybridized carbons (Fsp3) is 0.800. The van der Waals surface area contributed by atoms with E-state index in [0.29, 0.717) is 32.2 Å². The van der Waals surface area contributed by atoms with Crippen molar-refractivity contribution in [2.24, 2.45) is 5.73 Å². The third-order valence-electron chi connectivity index (χ3n) is 2.83. The number of carbonyl (C=O) groups is 2. The number of carbonyl (C=O) groups excluding carboxylic acids is 1. The van der Waals surface area contributed by atoms with Crippen LogP contribution in [-0.2, 0) is 14.2 Å². The van der Waals surface area contributed by atoms with Gasteiger partial charge in [-0.3, -0.25) is 9.59 Å². The number of hydrogen-bond donors (Lipinski definition) is 4. The quantitative estimate of drug-likeness (QED) is 0.448. The second kappa shape index (κ2) is 7.35. The van der Waals surface area contributed by atoms with Crippen molar-refractivity contribution in [2.45, 2.75) is 44.1 Å². The second-order valence-corrected chi connectivity index (χ2v) is 4.39. The summed E-state index contributed by atoms with van der Waals surface area (Å²) in [5.41, 5.74) is 5.29. The summed E-state index contributed by atoms with van der Waals surface area (Å²) in [5.74, 6) is -1.61. The zero-order valence-corrected chi connectivity index (χ0v) is 10.2. The van der Waals surface area contributed by atoms with Crippen LogP contribution in [0, 0.1) is 0 Å². The predicted molar refractivity (Wildman–Crippen MR) is 64.6 cm³/mol. The average molecular weight is 258 g/mol. The lowest BCUT2D eigenvalue weighted by molar-refractivity contribution is -0.139. The number of hydrogen-bond acceptors (Lipinski definition) is 5. The minimum absolute atomic E-state index is 0.134. The molecule has 0 aromatic carbocycles. The largest absolute Gasteiger partial charge is 0.481 e. The van der Waals surface area contributed by atoms with Crippen LogP contribution in [0.3, 0.4) is 0 Å². The maximum Gasteiger partial charge on any atom is 0.478 e. The summed E-state index contributed by atoms with van der Waals surface area (Å²) in [6.45, 7) is 0.442. The second-order valence-electron chi connectivity index (χ2n) is 4.39. The Morgan fingerprint density at radius 3 is 2.72 bits per heavy atom. The first-order valence-electron chi connectivity index (χ1n) is 6.07. The minimum Gasteiger partial charge on any atom is -0.481 e. The SMILES string of the molecule is NCCCC(=O)NC1CCC(CC(=O)O)OB1O. The first-order chi connectivity index (χ1) is 8.52. The van der Waals surface area contributed by atoms with E-state index in [1.54, 1.807) is 0 Å². The van der Waals surface area contributed by atoms with E-state index in [-0.39, 0.29) is 12.3 Å². The third kappa shape index (κ3) is 5.03. The molecule has 1 heterocycles. The van der Waals surface area contributed by atoms with Crippen molar-refractivity contribution in [3.63, 3.8) is 0 Å². The molecule has 0 aliphatic carbocycles. The number of carboxylic acid groups (broad SMARTS) is 1. The molecule has 1 rings (SSSR count). The molecular weight excluding hydrogens is 239 g/mol. The Morgan fingerprint density at radius 1 is 1.44 bits per heavy atom. The predicted octanol–water partition coefficient (Wildman–Crippen LogP) is -1.12. The first-order valence-corrected chi connectivity index (χ1v) is 6.07. The first kappa shape index (κ1) is 14.9. The fourth-order valence-electron chi connectivity index (χ4n) is 1.90. The Bertz CT molecular complexity index is 302. The van der Waals surface area contributed by atoms with E-state index in [1.807, 2.05) is 0 Å². The van der Waals surface area contributed by atoms with Crippen molar-refractivity contribution in [1.82, 2.24) is 5.32 Å². The smallest absolute Gasteiger partial charge is 0.478 e. The molecule has 2 unspecified atom stereocenters. The molecule has 1 fully saturated rings. The molecule has 0 aromatic rings. The van der Waals surface area contributed by atoms with E-state index in [2.05, 4.69) is 5.32 Å². The molecule has 0 aromatic heterocycles. The molecular formula is C10H19BN2O5. The standard InChI is InChI=1S/C10H19BN2O5/c12-5-1-2-9(14)13-8-4-3-7(6-10(15)16)18-11(8)17/h7-8,17H,1-6,12H2,(H,13,14)(H,15,16). The highest BCUT2D eigenvalue weighted by Crippen LogP contribution is 2.18. The molecule has 1 aliphatic rings. The lowest BCUT2D eigenvalue weighted by atomic mass is 9.72. The Kier molecular flexibility index (Phi) is 6.10. The van der Waals surface area contributed by atoms with Crippen LogP contribution in [0.4, 0.5) is 0 Å². The van der Waals surface area contributed by atoms with Gasteiger partial charge in [0.1, 0.15) is 0 Å².